The molecular formula is C8H9N3O. The van der Waals surface area contributed by atoms with Crippen molar-refractivity contribution in [2.24, 2.45) is 0 Å². The number of carbonyl (C=O) groups excluding carboxylic acids is 1. The fraction of sp³-hybridized carbons (Fsp3) is 0.250. The average molecular weight is 163 g/mol. The van der Waals surface area contributed by atoms with Gasteiger partial charge in [-0.3, -0.25) is 9.89 Å². The standard InChI is InChI=1S/C8H9N3O/c1-2-3-8(12)9-4-7-5-10-11-6-7/h5-6H,4H2,1H3,(H,9,12)(H,10,11). The second-order valence-electron chi connectivity index (χ2n) is 2.16. The lowest BCUT2D eigenvalue weighted by molar-refractivity contribution is -0.115. The number of nitrogens with zero attached hydrogens (tertiary/aromatic N) is 1. The summed E-state index contributed by atoms with van der Waals surface area (Å²) in [6.45, 7) is 2.08. The first-order chi connectivity index (χ1) is 5.83. The lowest BCUT2D eigenvalue weighted by Gasteiger charge is -1.95. The maximum Gasteiger partial charge on any atom is 0.296 e. The van der Waals surface area contributed by atoms with Gasteiger partial charge in [-0.1, -0.05) is 5.92 Å². The Balaban J connectivity index is 2.35. The minimum absolute atomic E-state index is 0.265. The van der Waals surface area contributed by atoms with E-state index in [0.29, 0.717) is 6.54 Å². The number of hydrogen-bond donors (Lipinski definition) is 2. The van der Waals surface area contributed by atoms with Crippen LogP contribution in [-0.2, 0) is 11.3 Å². The predicted molar refractivity (Wildman–Crippen MR) is 43.9 cm³/mol. The SMILES string of the molecule is CC#CC(=O)NCc1cn[nH]c1. The van der Waals surface area contributed by atoms with Crippen molar-refractivity contribution in [3.63, 3.8) is 0 Å². The Bertz CT molecular complexity index is 305. The second kappa shape index (κ2) is 4.19. The van der Waals surface area contributed by atoms with Crippen LogP contribution in [0.3, 0.4) is 0 Å². The average Bonchev–Trinajstić information content (AvgIpc) is 2.53. The molecule has 0 unspecified atom stereocenters. The molecule has 0 aromatic carbocycles. The van der Waals surface area contributed by atoms with Gasteiger partial charge in [-0.15, -0.1) is 0 Å². The van der Waals surface area contributed by atoms with E-state index in [2.05, 4.69) is 27.4 Å². The van der Waals surface area contributed by atoms with E-state index in [-0.39, 0.29) is 5.91 Å². The summed E-state index contributed by atoms with van der Waals surface area (Å²) in [5, 5.41) is 9.00. The first-order valence-corrected chi connectivity index (χ1v) is 3.51. The highest BCUT2D eigenvalue weighted by atomic mass is 16.1. The Labute approximate surface area is 70.4 Å². The fourth-order valence-electron chi connectivity index (χ4n) is 0.714. The van der Waals surface area contributed by atoms with Crippen LogP contribution in [0, 0.1) is 11.8 Å². The molecule has 0 spiro atoms. The van der Waals surface area contributed by atoms with Crippen molar-refractivity contribution in [2.75, 3.05) is 0 Å². The Morgan fingerprint density at radius 3 is 3.25 bits per heavy atom. The molecule has 1 heterocycles. The fourth-order valence-corrected chi connectivity index (χ4v) is 0.714. The highest BCUT2D eigenvalue weighted by Gasteiger charge is 1.95. The van der Waals surface area contributed by atoms with E-state index in [0.717, 1.165) is 5.56 Å². The summed E-state index contributed by atoms with van der Waals surface area (Å²) in [5.74, 6) is 4.62. The number of aromatic amines is 1. The van der Waals surface area contributed by atoms with Crippen molar-refractivity contribution < 1.29 is 4.79 Å². The monoisotopic (exact) mass is 163 g/mol. The zero-order valence-corrected chi connectivity index (χ0v) is 6.72. The summed E-state index contributed by atoms with van der Waals surface area (Å²) in [6.07, 6.45) is 3.37. The van der Waals surface area contributed by atoms with Gasteiger partial charge < -0.3 is 5.32 Å². The van der Waals surface area contributed by atoms with Gasteiger partial charge in [-0.05, 0) is 12.8 Å². The van der Waals surface area contributed by atoms with Gasteiger partial charge in [0.1, 0.15) is 0 Å². The van der Waals surface area contributed by atoms with E-state index < -0.39 is 0 Å². The van der Waals surface area contributed by atoms with Gasteiger partial charge in [-0.25, -0.2) is 0 Å². The number of aromatic nitrogens is 2. The first-order valence-electron chi connectivity index (χ1n) is 3.51. The predicted octanol–water partition coefficient (Wildman–Crippen LogP) is 0.0492. The molecule has 1 amide bonds. The highest BCUT2D eigenvalue weighted by Crippen LogP contribution is 1.90. The van der Waals surface area contributed by atoms with Gasteiger partial charge in [0.2, 0.25) is 0 Å². The second-order valence-corrected chi connectivity index (χ2v) is 2.16. The van der Waals surface area contributed by atoms with Crippen molar-refractivity contribution in [2.45, 2.75) is 13.5 Å². The zero-order chi connectivity index (χ0) is 8.81. The normalized spacial score (nSPS) is 8.42. The summed E-state index contributed by atoms with van der Waals surface area (Å²) in [7, 11) is 0. The molecule has 62 valence electrons. The Hall–Kier alpha value is -1.76. The van der Waals surface area contributed by atoms with E-state index in [4.69, 9.17) is 0 Å². The molecule has 12 heavy (non-hydrogen) atoms. The van der Waals surface area contributed by atoms with Crippen LogP contribution in [0.25, 0.3) is 0 Å². The third-order valence-corrected chi connectivity index (χ3v) is 1.25. The third kappa shape index (κ3) is 2.46. The van der Waals surface area contributed by atoms with Gasteiger partial charge in [0, 0.05) is 18.3 Å². The molecule has 0 atom stereocenters. The van der Waals surface area contributed by atoms with Gasteiger partial charge in [0.15, 0.2) is 0 Å². The van der Waals surface area contributed by atoms with Crippen molar-refractivity contribution in [1.29, 1.82) is 0 Å². The van der Waals surface area contributed by atoms with Crippen LogP contribution < -0.4 is 5.32 Å². The summed E-state index contributed by atoms with van der Waals surface area (Å²) < 4.78 is 0. The molecule has 4 nitrogen and oxygen atoms in total. The van der Waals surface area contributed by atoms with Crippen LogP contribution in [0.2, 0.25) is 0 Å². The van der Waals surface area contributed by atoms with Crippen LogP contribution in [0.1, 0.15) is 12.5 Å². The van der Waals surface area contributed by atoms with Crippen molar-refractivity contribution in [3.05, 3.63) is 18.0 Å². The van der Waals surface area contributed by atoms with Crippen molar-refractivity contribution >= 4 is 5.91 Å². The Morgan fingerprint density at radius 2 is 2.67 bits per heavy atom. The lowest BCUT2D eigenvalue weighted by atomic mass is 10.3. The molecule has 2 N–H and O–H groups in total. The summed E-state index contributed by atoms with van der Waals surface area (Å²) in [4.78, 5) is 10.8. The summed E-state index contributed by atoms with van der Waals surface area (Å²) in [5.41, 5.74) is 0.932. The Morgan fingerprint density at radius 1 is 1.83 bits per heavy atom. The highest BCUT2D eigenvalue weighted by molar-refractivity contribution is 5.93. The minimum atomic E-state index is -0.265. The molecule has 4 heteroatoms. The largest absolute Gasteiger partial charge is 0.341 e. The molecule has 1 aromatic rings. The van der Waals surface area contributed by atoms with Crippen LogP contribution in [0.5, 0.6) is 0 Å². The van der Waals surface area contributed by atoms with E-state index in [1.165, 1.54) is 0 Å². The first kappa shape index (κ1) is 8.34. The van der Waals surface area contributed by atoms with Gasteiger partial charge >= 0.3 is 0 Å². The molecule has 0 aliphatic rings. The lowest BCUT2D eigenvalue weighted by Crippen LogP contribution is -2.20. The maximum absolute atomic E-state index is 10.8. The number of amides is 1. The third-order valence-electron chi connectivity index (χ3n) is 1.25. The quantitative estimate of drug-likeness (QED) is 0.605. The number of nitrogens with one attached hydrogen (secondary N) is 2. The van der Waals surface area contributed by atoms with E-state index >= 15 is 0 Å². The number of carbonyl (C=O) groups is 1. The molecular weight excluding hydrogens is 154 g/mol. The molecule has 0 aliphatic heterocycles. The summed E-state index contributed by atoms with van der Waals surface area (Å²) in [6, 6.07) is 0. The Kier molecular flexibility index (Phi) is 2.91. The topological polar surface area (TPSA) is 57.8 Å². The smallest absolute Gasteiger partial charge is 0.296 e. The molecule has 0 saturated carbocycles. The number of hydrogen-bond acceptors (Lipinski definition) is 2. The summed E-state index contributed by atoms with van der Waals surface area (Å²) >= 11 is 0. The number of rotatable bonds is 2. The van der Waals surface area contributed by atoms with Crippen molar-refractivity contribution in [1.82, 2.24) is 15.5 Å². The molecule has 0 saturated heterocycles. The molecule has 0 bridgehead atoms. The molecule has 0 aliphatic carbocycles. The maximum atomic E-state index is 10.8. The molecule has 1 rings (SSSR count). The molecule has 0 radical (unpaired) electrons. The van der Waals surface area contributed by atoms with E-state index in [9.17, 15) is 4.79 Å². The molecule has 0 fully saturated rings. The number of H-pyrrole nitrogens is 1. The molecule has 1 aromatic heterocycles. The van der Waals surface area contributed by atoms with E-state index in [1.807, 2.05) is 0 Å². The zero-order valence-electron chi connectivity index (χ0n) is 6.72. The van der Waals surface area contributed by atoms with E-state index in [1.54, 1.807) is 19.3 Å². The van der Waals surface area contributed by atoms with Gasteiger partial charge in [0.25, 0.3) is 5.91 Å². The van der Waals surface area contributed by atoms with Crippen LogP contribution in [0.4, 0.5) is 0 Å². The minimum Gasteiger partial charge on any atom is -0.341 e. The van der Waals surface area contributed by atoms with Gasteiger partial charge in [0.05, 0.1) is 6.20 Å². The van der Waals surface area contributed by atoms with Crippen molar-refractivity contribution in [3.8, 4) is 11.8 Å². The van der Waals surface area contributed by atoms with Crippen LogP contribution in [-0.4, -0.2) is 16.1 Å². The van der Waals surface area contributed by atoms with Crippen LogP contribution in [0.15, 0.2) is 12.4 Å². The van der Waals surface area contributed by atoms with Gasteiger partial charge in [-0.2, -0.15) is 5.10 Å². The van der Waals surface area contributed by atoms with Crippen LogP contribution >= 0.6 is 0 Å².